The summed E-state index contributed by atoms with van der Waals surface area (Å²) in [5.41, 5.74) is 1.02. The Labute approximate surface area is 140 Å². The third-order valence-electron chi connectivity index (χ3n) is 3.69. The highest BCUT2D eigenvalue weighted by molar-refractivity contribution is 7.21. The fourth-order valence-corrected chi connectivity index (χ4v) is 4.58. The summed E-state index contributed by atoms with van der Waals surface area (Å²) in [5.74, 6) is 0. The van der Waals surface area contributed by atoms with Crippen molar-refractivity contribution in [1.82, 2.24) is 0 Å². The second-order valence-electron chi connectivity index (χ2n) is 5.36. The molecule has 2 nitrogen and oxygen atoms in total. The molecule has 0 amide bonds. The van der Waals surface area contributed by atoms with Crippen LogP contribution in [0.3, 0.4) is 0 Å². The van der Waals surface area contributed by atoms with E-state index in [0.29, 0.717) is 11.1 Å². The number of hydrogen-bond donors (Lipinski definition) is 0. The van der Waals surface area contributed by atoms with Crippen LogP contribution in [-0.4, -0.2) is 0 Å². The molecular weight excluding hydrogens is 308 g/mol. The van der Waals surface area contributed by atoms with Gasteiger partial charge in [0.15, 0.2) is 0 Å². The van der Waals surface area contributed by atoms with E-state index in [1.807, 2.05) is 0 Å². The average Bonchev–Trinajstić information content (AvgIpc) is 3.16. The molecule has 0 aliphatic heterocycles. The third-order valence-corrected chi connectivity index (χ3v) is 5.99. The van der Waals surface area contributed by atoms with Crippen molar-refractivity contribution in [3.8, 4) is 21.9 Å². The van der Waals surface area contributed by atoms with Crippen LogP contribution in [0.4, 0.5) is 0 Å². The van der Waals surface area contributed by atoms with E-state index in [-0.39, 0.29) is 0 Å². The van der Waals surface area contributed by atoms with Crippen LogP contribution in [0.25, 0.3) is 9.75 Å². The maximum atomic E-state index is 9.24. The molecule has 4 heteroatoms. The third kappa shape index (κ3) is 4.19. The van der Waals surface area contributed by atoms with Crippen LogP contribution < -0.4 is 0 Å². The van der Waals surface area contributed by atoms with Gasteiger partial charge in [0.25, 0.3) is 0 Å². The molecule has 2 aromatic rings. The number of nitrogens with zero attached hydrogens (tertiary/aromatic N) is 2. The molecule has 0 radical (unpaired) electrons. The number of nitriles is 2. The monoisotopic (exact) mass is 328 g/mol. The van der Waals surface area contributed by atoms with E-state index in [1.165, 1.54) is 54.7 Å². The molecule has 22 heavy (non-hydrogen) atoms. The number of thiophene rings is 2. The highest BCUT2D eigenvalue weighted by Gasteiger charge is 2.14. The van der Waals surface area contributed by atoms with Crippen LogP contribution in [0.1, 0.15) is 61.5 Å². The predicted molar refractivity (Wildman–Crippen MR) is 94.1 cm³/mol. The van der Waals surface area contributed by atoms with Crippen molar-refractivity contribution in [1.29, 1.82) is 10.5 Å². The van der Waals surface area contributed by atoms with Gasteiger partial charge in [-0.1, -0.05) is 39.0 Å². The minimum atomic E-state index is 0.494. The van der Waals surface area contributed by atoms with Crippen LogP contribution in [-0.2, 0) is 6.42 Å². The summed E-state index contributed by atoms with van der Waals surface area (Å²) < 4.78 is 0. The number of aryl methyl sites for hydroxylation is 1. The van der Waals surface area contributed by atoms with Crippen LogP contribution in [0.2, 0.25) is 0 Å². The molecule has 2 aromatic heterocycles. The fourth-order valence-electron chi connectivity index (χ4n) is 2.45. The van der Waals surface area contributed by atoms with Gasteiger partial charge in [-0.05, 0) is 25.0 Å². The zero-order valence-corrected chi connectivity index (χ0v) is 14.5. The SMILES string of the molecule is CCCCCCCCc1ccc(-c2scc(C#N)c2C#N)s1. The second-order valence-corrected chi connectivity index (χ2v) is 7.41. The van der Waals surface area contributed by atoms with Gasteiger partial charge in [0.05, 0.1) is 16.0 Å². The lowest BCUT2D eigenvalue weighted by molar-refractivity contribution is 0.609. The highest BCUT2D eigenvalue weighted by Crippen LogP contribution is 2.37. The second kappa shape index (κ2) is 8.73. The van der Waals surface area contributed by atoms with Gasteiger partial charge in [-0.2, -0.15) is 10.5 Å². The molecule has 0 aromatic carbocycles. The molecule has 0 fully saturated rings. The molecule has 0 saturated heterocycles. The van der Waals surface area contributed by atoms with E-state index in [1.54, 1.807) is 16.7 Å². The first kappa shape index (κ1) is 16.7. The van der Waals surface area contributed by atoms with Gasteiger partial charge < -0.3 is 0 Å². The van der Waals surface area contributed by atoms with Crippen LogP contribution in [0.5, 0.6) is 0 Å². The van der Waals surface area contributed by atoms with E-state index in [0.717, 1.165) is 16.2 Å². The minimum absolute atomic E-state index is 0.494. The Kier molecular flexibility index (Phi) is 6.65. The molecule has 0 N–H and O–H groups in total. The lowest BCUT2D eigenvalue weighted by atomic mass is 10.1. The van der Waals surface area contributed by atoms with Crippen molar-refractivity contribution in [3.63, 3.8) is 0 Å². The van der Waals surface area contributed by atoms with Gasteiger partial charge in [-0.3, -0.25) is 0 Å². The molecule has 0 saturated carbocycles. The first-order chi connectivity index (χ1) is 10.8. The largest absolute Gasteiger partial charge is 0.192 e. The van der Waals surface area contributed by atoms with Crippen LogP contribution in [0.15, 0.2) is 17.5 Å². The zero-order chi connectivity index (χ0) is 15.8. The maximum Gasteiger partial charge on any atom is 0.102 e. The van der Waals surface area contributed by atoms with E-state index in [4.69, 9.17) is 5.26 Å². The number of unbranched alkanes of at least 4 members (excludes halogenated alkanes) is 5. The summed E-state index contributed by atoms with van der Waals surface area (Å²) in [6, 6.07) is 8.52. The first-order valence-electron chi connectivity index (χ1n) is 7.81. The van der Waals surface area contributed by atoms with Crippen molar-refractivity contribution in [3.05, 3.63) is 33.5 Å². The van der Waals surface area contributed by atoms with Gasteiger partial charge in [-0.15, -0.1) is 22.7 Å². The Hall–Kier alpha value is -1.62. The molecule has 0 atom stereocenters. The normalized spacial score (nSPS) is 10.3. The van der Waals surface area contributed by atoms with Gasteiger partial charge in [0, 0.05) is 15.1 Å². The molecule has 114 valence electrons. The van der Waals surface area contributed by atoms with Gasteiger partial charge in [0.2, 0.25) is 0 Å². The summed E-state index contributed by atoms with van der Waals surface area (Å²) in [5, 5.41) is 20.0. The molecule has 2 rings (SSSR count). The molecule has 0 aliphatic rings. The first-order valence-corrected chi connectivity index (χ1v) is 9.50. The van der Waals surface area contributed by atoms with Crippen molar-refractivity contribution >= 4 is 22.7 Å². The van der Waals surface area contributed by atoms with E-state index >= 15 is 0 Å². The lowest BCUT2D eigenvalue weighted by Gasteiger charge is -1.99. The Morgan fingerprint density at radius 1 is 1.00 bits per heavy atom. The predicted octanol–water partition coefficient (Wildman–Crippen LogP) is 6.12. The van der Waals surface area contributed by atoms with Crippen molar-refractivity contribution < 1.29 is 0 Å². The molecule has 0 unspecified atom stereocenters. The highest BCUT2D eigenvalue weighted by atomic mass is 32.1. The molecule has 0 spiro atoms. The minimum Gasteiger partial charge on any atom is -0.192 e. The summed E-state index contributed by atoms with van der Waals surface area (Å²) in [6.45, 7) is 2.24. The summed E-state index contributed by atoms with van der Waals surface area (Å²) in [7, 11) is 0. The summed E-state index contributed by atoms with van der Waals surface area (Å²) >= 11 is 3.25. The zero-order valence-electron chi connectivity index (χ0n) is 12.9. The topological polar surface area (TPSA) is 47.6 Å². The Balaban J connectivity index is 1.94. The van der Waals surface area contributed by atoms with E-state index in [2.05, 4.69) is 31.2 Å². The summed E-state index contributed by atoms with van der Waals surface area (Å²) in [4.78, 5) is 3.43. The Morgan fingerprint density at radius 3 is 2.50 bits per heavy atom. The molecular formula is C18H20N2S2. The van der Waals surface area contributed by atoms with E-state index in [9.17, 15) is 5.26 Å². The molecule has 0 aliphatic carbocycles. The molecule has 0 bridgehead atoms. The number of rotatable bonds is 8. The molecule has 2 heterocycles. The summed E-state index contributed by atoms with van der Waals surface area (Å²) in [6.07, 6.45) is 8.98. The average molecular weight is 329 g/mol. The van der Waals surface area contributed by atoms with Gasteiger partial charge in [-0.25, -0.2) is 0 Å². The van der Waals surface area contributed by atoms with Crippen molar-refractivity contribution in [2.75, 3.05) is 0 Å². The van der Waals surface area contributed by atoms with Gasteiger partial charge >= 0.3 is 0 Å². The fraction of sp³-hybridized carbons (Fsp3) is 0.444. The Bertz CT molecular complexity index is 683. The van der Waals surface area contributed by atoms with Crippen LogP contribution >= 0.6 is 22.7 Å². The smallest absolute Gasteiger partial charge is 0.102 e. The van der Waals surface area contributed by atoms with Crippen molar-refractivity contribution in [2.24, 2.45) is 0 Å². The maximum absolute atomic E-state index is 9.24. The van der Waals surface area contributed by atoms with Gasteiger partial charge in [0.1, 0.15) is 12.1 Å². The number of hydrogen-bond acceptors (Lipinski definition) is 4. The van der Waals surface area contributed by atoms with E-state index < -0.39 is 0 Å². The van der Waals surface area contributed by atoms with Crippen LogP contribution in [0, 0.1) is 22.7 Å². The standard InChI is InChI=1S/C18H20N2S2/c1-2-3-4-5-6-7-8-15-9-10-17(22-15)18-16(12-20)14(11-19)13-21-18/h9-10,13H,2-8H2,1H3. The Morgan fingerprint density at radius 2 is 1.77 bits per heavy atom. The van der Waals surface area contributed by atoms with Crippen molar-refractivity contribution in [2.45, 2.75) is 51.9 Å². The lowest BCUT2D eigenvalue weighted by Crippen LogP contribution is -1.82. The quantitative estimate of drug-likeness (QED) is 0.548.